The van der Waals surface area contributed by atoms with E-state index in [0.29, 0.717) is 18.8 Å². The van der Waals surface area contributed by atoms with Crippen molar-refractivity contribution in [1.29, 1.82) is 0 Å². The van der Waals surface area contributed by atoms with Crippen LogP contribution in [0.2, 0.25) is 0 Å². The molecule has 0 bridgehead atoms. The van der Waals surface area contributed by atoms with Crippen molar-refractivity contribution in [3.63, 3.8) is 0 Å². The first-order valence-corrected chi connectivity index (χ1v) is 10.3. The van der Waals surface area contributed by atoms with Gasteiger partial charge >= 0.3 is 6.03 Å². The number of hydrogen-bond acceptors (Lipinski definition) is 3. The maximum atomic E-state index is 12.9. The highest BCUT2D eigenvalue weighted by Gasteiger charge is 2.52. The number of imide groups is 1. The van der Waals surface area contributed by atoms with Gasteiger partial charge in [0.1, 0.15) is 12.1 Å². The highest BCUT2D eigenvalue weighted by molar-refractivity contribution is 6.09. The first kappa shape index (κ1) is 19.4. The molecule has 1 heterocycles. The monoisotopic (exact) mass is 393 g/mol. The second-order valence-corrected chi connectivity index (χ2v) is 8.44. The summed E-state index contributed by atoms with van der Waals surface area (Å²) in [6.07, 6.45) is 3.10. The Balaban J connectivity index is 1.44. The van der Waals surface area contributed by atoms with Crippen molar-refractivity contribution >= 4 is 28.6 Å². The van der Waals surface area contributed by atoms with E-state index >= 15 is 0 Å². The average Bonchev–Trinajstić information content (AvgIpc) is 2.94. The molecule has 1 saturated carbocycles. The van der Waals surface area contributed by atoms with Gasteiger partial charge in [-0.3, -0.25) is 14.5 Å². The van der Waals surface area contributed by atoms with Crippen LogP contribution in [0.15, 0.2) is 42.5 Å². The van der Waals surface area contributed by atoms with E-state index in [9.17, 15) is 14.4 Å². The number of benzene rings is 2. The fraction of sp³-hybridized carbons (Fsp3) is 0.435. The average molecular weight is 393 g/mol. The van der Waals surface area contributed by atoms with Gasteiger partial charge in [0.25, 0.3) is 5.91 Å². The predicted molar refractivity (Wildman–Crippen MR) is 111 cm³/mol. The van der Waals surface area contributed by atoms with Crippen molar-refractivity contribution in [3.05, 3.63) is 48.0 Å². The normalized spacial score (nSPS) is 25.3. The van der Waals surface area contributed by atoms with Crippen molar-refractivity contribution in [2.45, 2.75) is 51.1 Å². The zero-order valence-electron chi connectivity index (χ0n) is 16.9. The molecule has 2 aromatic carbocycles. The molecule has 1 unspecified atom stereocenters. The lowest BCUT2D eigenvalue weighted by atomic mass is 9.77. The summed E-state index contributed by atoms with van der Waals surface area (Å²) >= 11 is 0. The van der Waals surface area contributed by atoms with E-state index in [1.807, 2.05) is 49.4 Å². The third-order valence-corrected chi connectivity index (χ3v) is 6.34. The van der Waals surface area contributed by atoms with Gasteiger partial charge in [-0.25, -0.2) is 4.79 Å². The third kappa shape index (κ3) is 3.59. The van der Waals surface area contributed by atoms with Crippen LogP contribution in [0.25, 0.3) is 10.8 Å². The molecular weight excluding hydrogens is 366 g/mol. The van der Waals surface area contributed by atoms with E-state index in [2.05, 4.69) is 17.6 Å². The molecule has 2 N–H and O–H groups in total. The Kier molecular flexibility index (Phi) is 5.03. The number of urea groups is 1. The summed E-state index contributed by atoms with van der Waals surface area (Å²) in [4.78, 5) is 39.1. The Hall–Kier alpha value is -2.89. The molecule has 1 aliphatic heterocycles. The van der Waals surface area contributed by atoms with Gasteiger partial charge in [0.2, 0.25) is 5.91 Å². The number of carbonyl (C=O) groups is 3. The van der Waals surface area contributed by atoms with Crippen molar-refractivity contribution in [2.24, 2.45) is 5.92 Å². The molecule has 4 amide bonds. The van der Waals surface area contributed by atoms with Crippen molar-refractivity contribution < 1.29 is 14.4 Å². The van der Waals surface area contributed by atoms with Gasteiger partial charge in [-0.15, -0.1) is 0 Å². The second kappa shape index (κ2) is 7.50. The number of rotatable bonds is 4. The summed E-state index contributed by atoms with van der Waals surface area (Å²) in [6.45, 7) is 3.82. The molecule has 2 aromatic rings. The number of carbonyl (C=O) groups excluding carboxylic acids is 3. The van der Waals surface area contributed by atoms with E-state index in [0.717, 1.165) is 34.1 Å². The quantitative estimate of drug-likeness (QED) is 0.780. The fourth-order valence-corrected chi connectivity index (χ4v) is 4.55. The Morgan fingerprint density at radius 1 is 1.17 bits per heavy atom. The van der Waals surface area contributed by atoms with E-state index < -0.39 is 11.6 Å². The topological polar surface area (TPSA) is 78.5 Å². The minimum absolute atomic E-state index is 0.237. The Labute approximate surface area is 170 Å². The minimum Gasteiger partial charge on any atom is -0.348 e. The van der Waals surface area contributed by atoms with Crippen molar-refractivity contribution in [1.82, 2.24) is 15.5 Å². The molecule has 0 aromatic heterocycles. The molecule has 0 radical (unpaired) electrons. The lowest BCUT2D eigenvalue weighted by molar-refractivity contribution is -0.136. The summed E-state index contributed by atoms with van der Waals surface area (Å²) in [6, 6.07) is 13.3. The zero-order valence-corrected chi connectivity index (χ0v) is 16.9. The zero-order chi connectivity index (χ0) is 20.6. The molecule has 2 fully saturated rings. The summed E-state index contributed by atoms with van der Waals surface area (Å²) < 4.78 is 0. The molecular formula is C23H27N3O3. The van der Waals surface area contributed by atoms with Crippen LogP contribution in [0.4, 0.5) is 4.79 Å². The lowest BCUT2D eigenvalue weighted by Gasteiger charge is -2.33. The molecule has 152 valence electrons. The fourth-order valence-electron chi connectivity index (χ4n) is 4.55. The molecule has 1 saturated heterocycles. The SMILES string of the molecule is CC1CCC2(CC1)NC(=O)N(CC(=O)NC(C)c1cccc3ccccc13)C2=O. The number of hydrogen-bond donors (Lipinski definition) is 2. The molecule has 1 aliphatic carbocycles. The van der Waals surface area contributed by atoms with Crippen molar-refractivity contribution in [3.8, 4) is 0 Å². The third-order valence-electron chi connectivity index (χ3n) is 6.34. The predicted octanol–water partition coefficient (Wildman–Crippen LogP) is 3.52. The second-order valence-electron chi connectivity index (χ2n) is 8.44. The van der Waals surface area contributed by atoms with Crippen LogP contribution < -0.4 is 10.6 Å². The molecule has 1 spiro atoms. The molecule has 1 atom stereocenters. The van der Waals surface area contributed by atoms with Crippen LogP contribution >= 0.6 is 0 Å². The number of nitrogens with one attached hydrogen (secondary N) is 2. The number of nitrogens with zero attached hydrogens (tertiary/aromatic N) is 1. The van der Waals surface area contributed by atoms with Crippen molar-refractivity contribution in [2.75, 3.05) is 6.54 Å². The van der Waals surface area contributed by atoms with Gasteiger partial charge in [0.15, 0.2) is 0 Å². The smallest absolute Gasteiger partial charge is 0.325 e. The molecule has 6 nitrogen and oxygen atoms in total. The van der Waals surface area contributed by atoms with E-state index in [-0.39, 0.29) is 24.4 Å². The van der Waals surface area contributed by atoms with E-state index in [4.69, 9.17) is 0 Å². The van der Waals surface area contributed by atoms with Crippen LogP contribution in [-0.2, 0) is 9.59 Å². The number of amides is 4. The summed E-state index contributed by atoms with van der Waals surface area (Å²) in [5, 5.41) is 7.99. The minimum atomic E-state index is -0.814. The van der Waals surface area contributed by atoms with E-state index in [1.54, 1.807) is 0 Å². The van der Waals surface area contributed by atoms with Gasteiger partial charge in [-0.2, -0.15) is 0 Å². The van der Waals surface area contributed by atoms with Crippen LogP contribution in [0.1, 0.15) is 51.1 Å². The van der Waals surface area contributed by atoms with Crippen LogP contribution in [0.3, 0.4) is 0 Å². The maximum absolute atomic E-state index is 12.9. The molecule has 6 heteroatoms. The van der Waals surface area contributed by atoms with Gasteiger partial charge < -0.3 is 10.6 Å². The maximum Gasteiger partial charge on any atom is 0.325 e. The Morgan fingerprint density at radius 2 is 1.86 bits per heavy atom. The van der Waals surface area contributed by atoms with Crippen LogP contribution in [0.5, 0.6) is 0 Å². The summed E-state index contributed by atoms with van der Waals surface area (Å²) in [5.41, 5.74) is 0.192. The summed E-state index contributed by atoms with van der Waals surface area (Å²) in [7, 11) is 0. The molecule has 29 heavy (non-hydrogen) atoms. The Bertz CT molecular complexity index is 957. The lowest BCUT2D eigenvalue weighted by Crippen LogP contribution is -2.50. The Morgan fingerprint density at radius 3 is 2.62 bits per heavy atom. The number of fused-ring (bicyclic) bond motifs is 1. The molecule has 2 aliphatic rings. The standard InChI is InChI=1S/C23H27N3O3/c1-15-10-12-23(13-11-15)21(28)26(22(29)25-23)14-20(27)24-16(2)18-9-5-7-17-6-3-4-8-19(17)18/h3-9,15-16H,10-14H2,1-2H3,(H,24,27)(H,25,29). The molecule has 4 rings (SSSR count). The van der Waals surface area contributed by atoms with Gasteiger partial charge in [0, 0.05) is 0 Å². The van der Waals surface area contributed by atoms with E-state index in [1.165, 1.54) is 0 Å². The highest BCUT2D eigenvalue weighted by Crippen LogP contribution is 2.36. The first-order chi connectivity index (χ1) is 13.9. The van der Waals surface area contributed by atoms with Gasteiger partial charge in [-0.1, -0.05) is 49.4 Å². The van der Waals surface area contributed by atoms with Crippen LogP contribution in [-0.4, -0.2) is 34.8 Å². The van der Waals surface area contributed by atoms with Gasteiger partial charge in [-0.05, 0) is 54.9 Å². The summed E-state index contributed by atoms with van der Waals surface area (Å²) in [5.74, 6) is -0.0400. The van der Waals surface area contributed by atoms with Crippen LogP contribution in [0, 0.1) is 5.92 Å². The first-order valence-electron chi connectivity index (χ1n) is 10.3. The highest BCUT2D eigenvalue weighted by atomic mass is 16.2. The largest absolute Gasteiger partial charge is 0.348 e. The van der Waals surface area contributed by atoms with Gasteiger partial charge in [0.05, 0.1) is 6.04 Å².